The molecule has 2 aromatic rings. The van der Waals surface area contributed by atoms with Gasteiger partial charge in [-0.25, -0.2) is 0 Å². The van der Waals surface area contributed by atoms with E-state index in [0.717, 1.165) is 12.0 Å². The lowest BCUT2D eigenvalue weighted by molar-refractivity contribution is -0.153. The summed E-state index contributed by atoms with van der Waals surface area (Å²) in [4.78, 5) is 24.2. The molecule has 26 heavy (non-hydrogen) atoms. The van der Waals surface area contributed by atoms with E-state index in [-0.39, 0.29) is 6.42 Å². The molecule has 0 aliphatic carbocycles. The molecule has 0 radical (unpaired) electrons. The number of rotatable bonds is 7. The quantitative estimate of drug-likeness (QED) is 0.668. The Kier molecular flexibility index (Phi) is 7.49. The van der Waals surface area contributed by atoms with Gasteiger partial charge in [-0.2, -0.15) is 0 Å². The summed E-state index contributed by atoms with van der Waals surface area (Å²) in [5, 5.41) is 3.23. The maximum atomic E-state index is 12.2. The Hall–Kier alpha value is -2.04. The number of ether oxygens (including phenoxy) is 1. The Labute approximate surface area is 163 Å². The highest BCUT2D eigenvalue weighted by atomic mass is 35.5. The van der Waals surface area contributed by atoms with E-state index in [1.54, 1.807) is 18.2 Å². The number of aryl methyl sites for hydroxylation is 2. The number of carbonyl (C=O) groups is 2. The van der Waals surface area contributed by atoms with Crippen molar-refractivity contribution in [1.82, 2.24) is 0 Å². The van der Waals surface area contributed by atoms with Crippen molar-refractivity contribution >= 4 is 40.8 Å². The van der Waals surface area contributed by atoms with Gasteiger partial charge in [-0.3, -0.25) is 9.59 Å². The van der Waals surface area contributed by atoms with E-state index in [1.807, 2.05) is 24.3 Å². The van der Waals surface area contributed by atoms with Crippen molar-refractivity contribution in [2.75, 3.05) is 5.32 Å². The summed E-state index contributed by atoms with van der Waals surface area (Å²) < 4.78 is 5.19. The van der Waals surface area contributed by atoms with Crippen LogP contribution in [0.15, 0.2) is 42.5 Å². The van der Waals surface area contributed by atoms with Gasteiger partial charge >= 0.3 is 5.97 Å². The lowest BCUT2D eigenvalue weighted by atomic mass is 10.1. The van der Waals surface area contributed by atoms with Crippen LogP contribution in [-0.4, -0.2) is 18.0 Å². The van der Waals surface area contributed by atoms with Crippen molar-refractivity contribution in [3.63, 3.8) is 0 Å². The van der Waals surface area contributed by atoms with Crippen LogP contribution in [0, 0.1) is 0 Å². The molecule has 0 unspecified atom stereocenters. The van der Waals surface area contributed by atoms with Crippen LogP contribution in [0.4, 0.5) is 5.69 Å². The molecule has 6 heteroatoms. The molecule has 0 fully saturated rings. The molecule has 0 saturated carbocycles. The van der Waals surface area contributed by atoms with Crippen molar-refractivity contribution in [2.24, 2.45) is 0 Å². The summed E-state index contributed by atoms with van der Waals surface area (Å²) in [6.07, 6.45) is 0.797. The van der Waals surface area contributed by atoms with Crippen LogP contribution in [0.2, 0.25) is 10.0 Å². The Bertz CT molecular complexity index is 755. The summed E-state index contributed by atoms with van der Waals surface area (Å²) in [5.74, 6) is -0.918. The minimum Gasteiger partial charge on any atom is -0.453 e. The maximum absolute atomic E-state index is 12.2. The fourth-order valence-electron chi connectivity index (χ4n) is 2.34. The van der Waals surface area contributed by atoms with E-state index in [1.165, 1.54) is 12.5 Å². The number of para-hydroxylation sites is 1. The first kappa shape index (κ1) is 20.3. The van der Waals surface area contributed by atoms with Gasteiger partial charge in [-0.1, -0.05) is 60.5 Å². The van der Waals surface area contributed by atoms with Gasteiger partial charge in [0.2, 0.25) is 0 Å². The third kappa shape index (κ3) is 5.75. The van der Waals surface area contributed by atoms with E-state index >= 15 is 0 Å². The minimum absolute atomic E-state index is 0.204. The van der Waals surface area contributed by atoms with Gasteiger partial charge in [0, 0.05) is 6.42 Å². The predicted octanol–water partition coefficient (Wildman–Crippen LogP) is 5.06. The fraction of sp³-hybridized carbons (Fsp3) is 0.300. The van der Waals surface area contributed by atoms with E-state index in [2.05, 4.69) is 12.2 Å². The maximum Gasteiger partial charge on any atom is 0.306 e. The van der Waals surface area contributed by atoms with Crippen molar-refractivity contribution in [2.45, 2.75) is 39.2 Å². The third-order valence-electron chi connectivity index (χ3n) is 3.94. The zero-order valence-electron chi connectivity index (χ0n) is 14.7. The van der Waals surface area contributed by atoms with Crippen LogP contribution < -0.4 is 5.32 Å². The third-order valence-corrected chi connectivity index (χ3v) is 4.57. The van der Waals surface area contributed by atoms with E-state index in [9.17, 15) is 9.59 Å². The Balaban J connectivity index is 1.84. The standard InChI is InChI=1S/C20H21Cl2NO3/c1-3-14-7-9-15(10-8-14)11-12-18(24)26-13(2)20(25)23-19-16(21)5-4-6-17(19)22/h4-10,13H,3,11-12H2,1-2H3,(H,23,25)/t13-/m0/s1. The molecule has 0 saturated heterocycles. The molecule has 1 N–H and O–H groups in total. The van der Waals surface area contributed by atoms with Gasteiger partial charge in [0.15, 0.2) is 6.10 Å². The highest BCUT2D eigenvalue weighted by molar-refractivity contribution is 6.39. The Morgan fingerprint density at radius 1 is 1.04 bits per heavy atom. The number of carbonyl (C=O) groups excluding carboxylic acids is 2. The fourth-order valence-corrected chi connectivity index (χ4v) is 2.83. The van der Waals surface area contributed by atoms with Crippen molar-refractivity contribution in [3.05, 3.63) is 63.6 Å². The zero-order chi connectivity index (χ0) is 19.1. The first-order chi connectivity index (χ1) is 12.4. The van der Waals surface area contributed by atoms with E-state index in [0.29, 0.717) is 22.2 Å². The number of hydrogen-bond donors (Lipinski definition) is 1. The van der Waals surface area contributed by atoms with Crippen LogP contribution in [0.1, 0.15) is 31.4 Å². The molecule has 0 aromatic heterocycles. The Morgan fingerprint density at radius 3 is 2.19 bits per heavy atom. The summed E-state index contributed by atoms with van der Waals surface area (Å²) in [7, 11) is 0. The smallest absolute Gasteiger partial charge is 0.306 e. The van der Waals surface area contributed by atoms with Crippen molar-refractivity contribution in [1.29, 1.82) is 0 Å². The monoisotopic (exact) mass is 393 g/mol. The topological polar surface area (TPSA) is 55.4 Å². The summed E-state index contributed by atoms with van der Waals surface area (Å²) in [6.45, 7) is 3.60. The first-order valence-corrected chi connectivity index (χ1v) is 9.18. The van der Waals surface area contributed by atoms with Crippen LogP contribution in [0.25, 0.3) is 0 Å². The minimum atomic E-state index is -0.947. The van der Waals surface area contributed by atoms with Crippen LogP contribution in [0.5, 0.6) is 0 Å². The number of benzene rings is 2. The second kappa shape index (κ2) is 9.60. The summed E-state index contributed by atoms with van der Waals surface area (Å²) in [6, 6.07) is 13.0. The number of anilines is 1. The number of amides is 1. The number of hydrogen-bond acceptors (Lipinski definition) is 3. The summed E-state index contributed by atoms with van der Waals surface area (Å²) in [5.41, 5.74) is 2.61. The van der Waals surface area contributed by atoms with Gasteiger partial charge in [-0.05, 0) is 43.0 Å². The Morgan fingerprint density at radius 2 is 1.62 bits per heavy atom. The SMILES string of the molecule is CCc1ccc(CCC(=O)O[C@@H](C)C(=O)Nc2c(Cl)cccc2Cl)cc1. The molecule has 2 aromatic carbocycles. The molecular formula is C20H21Cl2NO3. The molecule has 4 nitrogen and oxygen atoms in total. The van der Waals surface area contributed by atoms with Crippen LogP contribution in [0.3, 0.4) is 0 Å². The van der Waals surface area contributed by atoms with Crippen molar-refractivity contribution < 1.29 is 14.3 Å². The van der Waals surface area contributed by atoms with Crippen LogP contribution >= 0.6 is 23.2 Å². The molecule has 0 spiro atoms. The zero-order valence-corrected chi connectivity index (χ0v) is 16.2. The highest BCUT2D eigenvalue weighted by Gasteiger charge is 2.19. The van der Waals surface area contributed by atoms with Gasteiger partial charge in [0.1, 0.15) is 0 Å². The molecule has 0 heterocycles. The molecule has 1 atom stereocenters. The largest absolute Gasteiger partial charge is 0.453 e. The normalized spacial score (nSPS) is 11.7. The number of halogens is 2. The number of nitrogens with one attached hydrogen (secondary N) is 1. The average molecular weight is 394 g/mol. The second-order valence-electron chi connectivity index (χ2n) is 5.89. The lowest BCUT2D eigenvalue weighted by Gasteiger charge is -2.15. The molecule has 0 aliphatic heterocycles. The van der Waals surface area contributed by atoms with Gasteiger partial charge < -0.3 is 10.1 Å². The first-order valence-electron chi connectivity index (χ1n) is 8.43. The molecule has 0 aliphatic rings. The van der Waals surface area contributed by atoms with Gasteiger partial charge in [-0.15, -0.1) is 0 Å². The summed E-state index contributed by atoms with van der Waals surface area (Å²) >= 11 is 12.0. The molecule has 1 amide bonds. The molecule has 0 bridgehead atoms. The molecule has 138 valence electrons. The predicted molar refractivity (Wildman–Crippen MR) is 105 cm³/mol. The second-order valence-corrected chi connectivity index (χ2v) is 6.70. The van der Waals surface area contributed by atoms with Crippen LogP contribution in [-0.2, 0) is 27.2 Å². The van der Waals surface area contributed by atoms with E-state index in [4.69, 9.17) is 27.9 Å². The molecule has 2 rings (SSSR count). The van der Waals surface area contributed by atoms with Crippen molar-refractivity contribution in [3.8, 4) is 0 Å². The van der Waals surface area contributed by atoms with Gasteiger partial charge in [0.25, 0.3) is 5.91 Å². The van der Waals surface area contributed by atoms with E-state index < -0.39 is 18.0 Å². The number of esters is 1. The average Bonchev–Trinajstić information content (AvgIpc) is 2.63. The van der Waals surface area contributed by atoms with Gasteiger partial charge in [0.05, 0.1) is 15.7 Å². The lowest BCUT2D eigenvalue weighted by Crippen LogP contribution is -2.30. The molecular weight excluding hydrogens is 373 g/mol. The highest BCUT2D eigenvalue weighted by Crippen LogP contribution is 2.29.